The van der Waals surface area contributed by atoms with Gasteiger partial charge in [0.25, 0.3) is 0 Å². The molecule has 38 heavy (non-hydrogen) atoms. The third-order valence-electron chi connectivity index (χ3n) is 7.78. The van der Waals surface area contributed by atoms with Crippen molar-refractivity contribution < 1.29 is 31.9 Å². The van der Waals surface area contributed by atoms with Crippen LogP contribution < -0.4 is 9.64 Å². The lowest BCUT2D eigenvalue weighted by Crippen LogP contribution is -2.65. The highest BCUT2D eigenvalue weighted by atomic mass is 19.1. The average molecular weight is 526 g/mol. The monoisotopic (exact) mass is 525 g/mol. The van der Waals surface area contributed by atoms with Crippen LogP contribution in [0.3, 0.4) is 0 Å². The van der Waals surface area contributed by atoms with E-state index in [4.69, 9.17) is 9.47 Å². The van der Waals surface area contributed by atoms with E-state index in [1.54, 1.807) is 48.5 Å². The van der Waals surface area contributed by atoms with E-state index in [-0.39, 0.29) is 41.6 Å². The maximum Gasteiger partial charge on any atom is 0.415 e. The number of para-hydroxylation sites is 2. The zero-order valence-corrected chi connectivity index (χ0v) is 21.2. The molecule has 3 heterocycles. The number of quaternary nitrogens is 1. The summed E-state index contributed by atoms with van der Waals surface area (Å²) in [4.78, 5) is 14.8. The molecule has 6 rings (SSSR count). The SMILES string of the molecule is O=C(O[C@H]1C[N+]2(CCCOc3ccccc3F)CCC1CC2)N(Cc1ccc(F)cc1)c1ccccc1F. The highest BCUT2D eigenvalue weighted by Crippen LogP contribution is 2.36. The zero-order valence-electron chi connectivity index (χ0n) is 21.2. The molecule has 3 aliphatic rings. The largest absolute Gasteiger partial charge is 0.490 e. The molecule has 0 radical (unpaired) electrons. The second-order valence-corrected chi connectivity index (χ2v) is 10.3. The molecule has 1 amide bonds. The van der Waals surface area contributed by atoms with Crippen molar-refractivity contribution in [2.45, 2.75) is 31.9 Å². The van der Waals surface area contributed by atoms with Crippen LogP contribution in [0.5, 0.6) is 5.75 Å². The van der Waals surface area contributed by atoms with Gasteiger partial charge in [-0.15, -0.1) is 0 Å². The average Bonchev–Trinajstić information content (AvgIpc) is 2.93. The molecule has 0 N–H and O–H groups in total. The third kappa shape index (κ3) is 5.96. The van der Waals surface area contributed by atoms with E-state index >= 15 is 0 Å². The third-order valence-corrected chi connectivity index (χ3v) is 7.78. The summed E-state index contributed by atoms with van der Waals surface area (Å²) in [5, 5.41) is 0. The fourth-order valence-corrected chi connectivity index (χ4v) is 5.70. The lowest BCUT2D eigenvalue weighted by atomic mass is 9.83. The maximum absolute atomic E-state index is 14.7. The van der Waals surface area contributed by atoms with Gasteiger partial charge < -0.3 is 14.0 Å². The summed E-state index contributed by atoms with van der Waals surface area (Å²) in [5.41, 5.74) is 0.788. The summed E-state index contributed by atoms with van der Waals surface area (Å²) in [6, 6.07) is 18.2. The second kappa shape index (κ2) is 11.5. The summed E-state index contributed by atoms with van der Waals surface area (Å²) in [6.45, 7) is 4.02. The first kappa shape index (κ1) is 26.1. The first-order chi connectivity index (χ1) is 18.4. The van der Waals surface area contributed by atoms with Crippen LogP contribution in [0, 0.1) is 23.4 Å². The number of hydrogen-bond acceptors (Lipinski definition) is 3. The van der Waals surface area contributed by atoms with Gasteiger partial charge in [-0.05, 0) is 42.0 Å². The molecule has 3 aromatic carbocycles. The van der Waals surface area contributed by atoms with Crippen molar-refractivity contribution in [2.24, 2.45) is 5.92 Å². The van der Waals surface area contributed by atoms with Crippen LogP contribution in [0.2, 0.25) is 0 Å². The van der Waals surface area contributed by atoms with E-state index < -0.39 is 11.9 Å². The van der Waals surface area contributed by atoms with E-state index in [1.165, 1.54) is 29.2 Å². The number of halogens is 3. The Hall–Kier alpha value is -3.52. The van der Waals surface area contributed by atoms with Crippen LogP contribution in [0.25, 0.3) is 0 Å². The van der Waals surface area contributed by atoms with Crippen molar-refractivity contribution in [1.29, 1.82) is 0 Å². The van der Waals surface area contributed by atoms with Crippen LogP contribution in [0.1, 0.15) is 24.8 Å². The Morgan fingerprint density at radius 1 is 0.895 bits per heavy atom. The Bertz CT molecular complexity index is 1250. The van der Waals surface area contributed by atoms with Gasteiger partial charge in [-0.1, -0.05) is 36.4 Å². The van der Waals surface area contributed by atoms with Crippen LogP contribution in [0.15, 0.2) is 72.8 Å². The number of nitrogens with zero attached hydrogens (tertiary/aromatic N) is 2. The first-order valence-electron chi connectivity index (χ1n) is 13.1. The van der Waals surface area contributed by atoms with Gasteiger partial charge in [0, 0.05) is 25.2 Å². The summed E-state index contributed by atoms with van der Waals surface area (Å²) in [7, 11) is 0. The number of piperidine rings is 3. The molecular formula is C30H32F3N2O3+. The predicted octanol–water partition coefficient (Wildman–Crippen LogP) is 6.33. The summed E-state index contributed by atoms with van der Waals surface area (Å²) >= 11 is 0. The van der Waals surface area contributed by atoms with Crippen molar-refractivity contribution in [3.63, 3.8) is 0 Å². The number of carbonyl (C=O) groups is 1. The van der Waals surface area contributed by atoms with E-state index in [0.29, 0.717) is 18.7 Å². The Morgan fingerprint density at radius 2 is 1.58 bits per heavy atom. The van der Waals surface area contributed by atoms with Gasteiger partial charge in [-0.3, -0.25) is 4.90 Å². The molecule has 0 spiro atoms. The van der Waals surface area contributed by atoms with Crippen molar-refractivity contribution in [2.75, 3.05) is 37.7 Å². The Morgan fingerprint density at radius 3 is 2.29 bits per heavy atom. The van der Waals surface area contributed by atoms with Gasteiger partial charge in [-0.2, -0.15) is 0 Å². The number of ether oxygens (including phenoxy) is 2. The quantitative estimate of drug-likeness (QED) is 0.242. The van der Waals surface area contributed by atoms with E-state index in [1.807, 2.05) is 0 Å². The van der Waals surface area contributed by atoms with Crippen LogP contribution in [0.4, 0.5) is 23.7 Å². The number of anilines is 1. The number of fused-ring (bicyclic) bond motifs is 3. The summed E-state index contributed by atoms with van der Waals surface area (Å²) in [6.07, 6.45) is 1.76. The Kier molecular flexibility index (Phi) is 7.88. The lowest BCUT2D eigenvalue weighted by molar-refractivity contribution is -0.946. The van der Waals surface area contributed by atoms with Gasteiger partial charge in [0.2, 0.25) is 0 Å². The molecule has 0 saturated carbocycles. The van der Waals surface area contributed by atoms with Gasteiger partial charge in [0.15, 0.2) is 17.7 Å². The number of amides is 1. The Labute approximate surface area is 221 Å². The highest BCUT2D eigenvalue weighted by Gasteiger charge is 2.47. The van der Waals surface area contributed by atoms with Crippen LogP contribution >= 0.6 is 0 Å². The van der Waals surface area contributed by atoms with Gasteiger partial charge in [0.05, 0.1) is 38.5 Å². The molecule has 1 atom stereocenters. The molecule has 2 bridgehead atoms. The molecule has 8 heteroatoms. The molecule has 3 saturated heterocycles. The van der Waals surface area contributed by atoms with Gasteiger partial charge >= 0.3 is 6.09 Å². The highest BCUT2D eigenvalue weighted by molar-refractivity contribution is 5.87. The maximum atomic E-state index is 14.7. The molecule has 200 valence electrons. The number of carbonyl (C=O) groups excluding carboxylic acids is 1. The molecule has 0 aliphatic carbocycles. The standard InChI is InChI=1S/C30H32F3N2O3/c31-24-12-10-22(11-13-24)20-34(27-8-3-1-6-25(27)32)30(36)38-29-21-35(17-14-23(29)15-18-35)16-5-19-37-28-9-4-2-7-26(28)33/h1-4,6-13,23,29H,5,14-21H2/q+1/t23?,29-,35?/m0/s1. The number of benzene rings is 3. The van der Waals surface area contributed by atoms with Gasteiger partial charge in [-0.25, -0.2) is 18.0 Å². The number of rotatable bonds is 9. The molecule has 0 unspecified atom stereocenters. The van der Waals surface area contributed by atoms with Crippen LogP contribution in [-0.2, 0) is 11.3 Å². The molecule has 0 aromatic heterocycles. The second-order valence-electron chi connectivity index (χ2n) is 10.3. The van der Waals surface area contributed by atoms with E-state index in [0.717, 1.165) is 43.4 Å². The Balaban J connectivity index is 1.24. The van der Waals surface area contributed by atoms with Crippen molar-refractivity contribution in [3.05, 3.63) is 95.8 Å². The van der Waals surface area contributed by atoms with Crippen LogP contribution in [-0.4, -0.2) is 49.5 Å². The molecule has 3 aliphatic heterocycles. The minimum atomic E-state index is -0.612. The summed E-state index contributed by atoms with van der Waals surface area (Å²) in [5.74, 6) is -0.758. The first-order valence-corrected chi connectivity index (χ1v) is 13.1. The predicted molar refractivity (Wildman–Crippen MR) is 138 cm³/mol. The van der Waals surface area contributed by atoms with Crippen molar-refractivity contribution in [1.82, 2.24) is 0 Å². The zero-order chi connectivity index (χ0) is 26.5. The van der Waals surface area contributed by atoms with Crippen molar-refractivity contribution >= 4 is 11.8 Å². The van der Waals surface area contributed by atoms with E-state index in [2.05, 4.69) is 0 Å². The fourth-order valence-electron chi connectivity index (χ4n) is 5.70. The number of hydrogen-bond donors (Lipinski definition) is 0. The molecule has 3 fully saturated rings. The summed E-state index contributed by atoms with van der Waals surface area (Å²) < 4.78 is 54.5. The smallest absolute Gasteiger partial charge is 0.415 e. The lowest BCUT2D eigenvalue weighted by Gasteiger charge is -2.52. The van der Waals surface area contributed by atoms with Gasteiger partial charge in [0.1, 0.15) is 18.2 Å². The minimum absolute atomic E-state index is 0.0603. The topological polar surface area (TPSA) is 38.8 Å². The van der Waals surface area contributed by atoms with E-state index in [9.17, 15) is 18.0 Å². The minimum Gasteiger partial charge on any atom is -0.490 e. The molecule has 3 aromatic rings. The molecule has 5 nitrogen and oxygen atoms in total. The fraction of sp³-hybridized carbons (Fsp3) is 0.367. The molecular weight excluding hydrogens is 493 g/mol. The van der Waals surface area contributed by atoms with Crippen molar-refractivity contribution in [3.8, 4) is 5.75 Å². The normalized spacial score (nSPS) is 22.2.